The maximum Gasteiger partial charge on any atom is 0.260 e. The van der Waals surface area contributed by atoms with E-state index in [2.05, 4.69) is 0 Å². The zero-order chi connectivity index (χ0) is 19.2. The van der Waals surface area contributed by atoms with Crippen molar-refractivity contribution in [3.05, 3.63) is 58.9 Å². The Morgan fingerprint density at radius 3 is 2.56 bits per heavy atom. The molecule has 1 saturated heterocycles. The van der Waals surface area contributed by atoms with Gasteiger partial charge in [0.1, 0.15) is 23.9 Å². The highest BCUT2D eigenvalue weighted by atomic mass is 35.5. The number of benzene rings is 2. The molecule has 3 rings (SSSR count). The van der Waals surface area contributed by atoms with Crippen molar-refractivity contribution < 1.29 is 23.6 Å². The summed E-state index contributed by atoms with van der Waals surface area (Å²) < 4.78 is 24.4. The first-order valence-corrected chi connectivity index (χ1v) is 9.25. The Hall–Kier alpha value is -2.31. The standard InChI is InChI=1S/C20H22ClFN2O3/c1-26-19-7-4-17(22)12-15(19)13-23-8-10-24(11-9-23)20(25)14-27-18-5-2-16(21)3-6-18/h2-7,12H,8-11,13-14H2,1H3/p+1. The summed E-state index contributed by atoms with van der Waals surface area (Å²) >= 11 is 5.83. The van der Waals surface area contributed by atoms with Gasteiger partial charge in [-0.2, -0.15) is 0 Å². The molecule has 0 aliphatic carbocycles. The molecule has 0 aromatic heterocycles. The number of carbonyl (C=O) groups excluding carboxylic acids is 1. The molecule has 0 saturated carbocycles. The first-order valence-electron chi connectivity index (χ1n) is 8.87. The second kappa shape index (κ2) is 9.06. The molecular formula is C20H23ClFN2O3+. The third-order valence-corrected chi connectivity index (χ3v) is 4.93. The lowest BCUT2D eigenvalue weighted by Crippen LogP contribution is -3.13. The number of ether oxygens (including phenoxy) is 2. The quantitative estimate of drug-likeness (QED) is 0.813. The molecule has 1 heterocycles. The molecule has 1 fully saturated rings. The number of methoxy groups -OCH3 is 1. The SMILES string of the molecule is COc1ccc(F)cc1C[NH+]1CCN(C(=O)COc2ccc(Cl)cc2)CC1. The van der Waals surface area contributed by atoms with Crippen molar-refractivity contribution in [2.24, 2.45) is 0 Å². The van der Waals surface area contributed by atoms with Crippen molar-refractivity contribution in [2.75, 3.05) is 39.9 Å². The number of nitrogens with zero attached hydrogens (tertiary/aromatic N) is 1. The van der Waals surface area contributed by atoms with Gasteiger partial charge in [0.15, 0.2) is 6.61 Å². The van der Waals surface area contributed by atoms with E-state index in [1.165, 1.54) is 17.0 Å². The average Bonchev–Trinajstić information content (AvgIpc) is 2.68. The lowest BCUT2D eigenvalue weighted by molar-refractivity contribution is -0.917. The van der Waals surface area contributed by atoms with E-state index in [9.17, 15) is 9.18 Å². The number of amides is 1. The molecular weight excluding hydrogens is 371 g/mol. The third kappa shape index (κ3) is 5.34. The van der Waals surface area contributed by atoms with Gasteiger partial charge in [0.25, 0.3) is 5.91 Å². The highest BCUT2D eigenvalue weighted by Crippen LogP contribution is 2.18. The second-order valence-corrected chi connectivity index (χ2v) is 6.94. The summed E-state index contributed by atoms with van der Waals surface area (Å²) in [5.41, 5.74) is 0.846. The maximum atomic E-state index is 13.5. The first kappa shape index (κ1) is 19.5. The fourth-order valence-corrected chi connectivity index (χ4v) is 3.30. The third-order valence-electron chi connectivity index (χ3n) is 4.68. The average molecular weight is 394 g/mol. The van der Waals surface area contributed by atoms with Crippen LogP contribution in [0.5, 0.6) is 11.5 Å². The lowest BCUT2D eigenvalue weighted by Gasteiger charge is -2.32. The van der Waals surface area contributed by atoms with Crippen molar-refractivity contribution >= 4 is 17.5 Å². The van der Waals surface area contributed by atoms with Crippen molar-refractivity contribution in [1.29, 1.82) is 0 Å². The molecule has 0 unspecified atom stereocenters. The van der Waals surface area contributed by atoms with Gasteiger partial charge < -0.3 is 19.3 Å². The van der Waals surface area contributed by atoms with Crippen molar-refractivity contribution in [3.8, 4) is 11.5 Å². The molecule has 0 bridgehead atoms. The fourth-order valence-electron chi connectivity index (χ4n) is 3.17. The van der Waals surface area contributed by atoms with E-state index in [4.69, 9.17) is 21.1 Å². The molecule has 1 aliphatic rings. The molecule has 0 atom stereocenters. The maximum absolute atomic E-state index is 13.5. The van der Waals surface area contributed by atoms with Crippen LogP contribution in [0.1, 0.15) is 5.56 Å². The Morgan fingerprint density at radius 2 is 1.89 bits per heavy atom. The molecule has 2 aromatic carbocycles. The van der Waals surface area contributed by atoms with Crippen LogP contribution in [0.15, 0.2) is 42.5 Å². The normalized spacial score (nSPS) is 14.9. The predicted octanol–water partition coefficient (Wildman–Crippen LogP) is 1.79. The fraction of sp³-hybridized carbons (Fsp3) is 0.350. The van der Waals surface area contributed by atoms with E-state index < -0.39 is 0 Å². The Bertz CT molecular complexity index is 777. The topological polar surface area (TPSA) is 43.2 Å². The van der Waals surface area contributed by atoms with Gasteiger partial charge in [-0.25, -0.2) is 4.39 Å². The minimum atomic E-state index is -0.265. The van der Waals surface area contributed by atoms with Crippen LogP contribution >= 0.6 is 11.6 Å². The minimum Gasteiger partial charge on any atom is -0.496 e. The summed E-state index contributed by atoms with van der Waals surface area (Å²) in [4.78, 5) is 15.4. The summed E-state index contributed by atoms with van der Waals surface area (Å²) in [5, 5.41) is 0.628. The van der Waals surface area contributed by atoms with Gasteiger partial charge in [0.2, 0.25) is 0 Å². The van der Waals surface area contributed by atoms with Gasteiger partial charge >= 0.3 is 0 Å². The molecule has 27 heavy (non-hydrogen) atoms. The highest BCUT2D eigenvalue weighted by molar-refractivity contribution is 6.30. The molecule has 1 amide bonds. The van der Waals surface area contributed by atoms with Gasteiger partial charge in [-0.3, -0.25) is 4.79 Å². The summed E-state index contributed by atoms with van der Waals surface area (Å²) in [6.45, 7) is 3.57. The Labute approximate surface area is 163 Å². The summed E-state index contributed by atoms with van der Waals surface area (Å²) in [7, 11) is 1.59. The molecule has 0 spiro atoms. The van der Waals surface area contributed by atoms with Crippen molar-refractivity contribution in [2.45, 2.75) is 6.54 Å². The second-order valence-electron chi connectivity index (χ2n) is 6.51. The highest BCUT2D eigenvalue weighted by Gasteiger charge is 2.25. The molecule has 1 N–H and O–H groups in total. The molecule has 144 valence electrons. The number of halogens is 2. The predicted molar refractivity (Wildman–Crippen MR) is 101 cm³/mol. The molecule has 0 radical (unpaired) electrons. The largest absolute Gasteiger partial charge is 0.496 e. The van der Waals surface area contributed by atoms with E-state index >= 15 is 0 Å². The van der Waals surface area contributed by atoms with Gasteiger partial charge in [-0.05, 0) is 42.5 Å². The van der Waals surface area contributed by atoms with E-state index in [0.717, 1.165) is 18.7 Å². The number of quaternary nitrogens is 1. The van der Waals surface area contributed by atoms with E-state index in [-0.39, 0.29) is 18.3 Å². The lowest BCUT2D eigenvalue weighted by atomic mass is 10.1. The first-order chi connectivity index (χ1) is 13.0. The minimum absolute atomic E-state index is 0.00862. The Morgan fingerprint density at radius 1 is 1.19 bits per heavy atom. The van der Waals surface area contributed by atoms with Crippen LogP contribution in [0, 0.1) is 5.82 Å². The van der Waals surface area contributed by atoms with Crippen molar-refractivity contribution in [1.82, 2.24) is 4.90 Å². The number of hydrogen-bond acceptors (Lipinski definition) is 3. The summed E-state index contributed by atoms with van der Waals surface area (Å²) in [5.74, 6) is 1.01. The van der Waals surface area contributed by atoms with Crippen LogP contribution in [-0.2, 0) is 11.3 Å². The molecule has 1 aliphatic heterocycles. The monoisotopic (exact) mass is 393 g/mol. The molecule has 5 nitrogen and oxygen atoms in total. The smallest absolute Gasteiger partial charge is 0.260 e. The zero-order valence-electron chi connectivity index (χ0n) is 15.2. The number of piperazine rings is 1. The number of hydrogen-bond donors (Lipinski definition) is 1. The van der Waals surface area contributed by atoms with Crippen LogP contribution in [-0.4, -0.2) is 50.7 Å². The Balaban J connectivity index is 1.47. The van der Waals surface area contributed by atoms with Crippen LogP contribution < -0.4 is 14.4 Å². The number of nitrogens with one attached hydrogen (secondary N) is 1. The summed E-state index contributed by atoms with van der Waals surface area (Å²) in [6.07, 6.45) is 0. The van der Waals surface area contributed by atoms with Gasteiger partial charge in [0.05, 0.1) is 38.9 Å². The van der Waals surface area contributed by atoms with Gasteiger partial charge in [-0.15, -0.1) is 0 Å². The van der Waals surface area contributed by atoms with Gasteiger partial charge in [0, 0.05) is 5.02 Å². The summed E-state index contributed by atoms with van der Waals surface area (Å²) in [6, 6.07) is 11.5. The molecule has 2 aromatic rings. The van der Waals surface area contributed by atoms with Crippen molar-refractivity contribution in [3.63, 3.8) is 0 Å². The van der Waals surface area contributed by atoms with E-state index in [0.29, 0.717) is 36.2 Å². The zero-order valence-corrected chi connectivity index (χ0v) is 16.0. The van der Waals surface area contributed by atoms with Crippen LogP contribution in [0.2, 0.25) is 5.02 Å². The van der Waals surface area contributed by atoms with Crippen LogP contribution in [0.25, 0.3) is 0 Å². The van der Waals surface area contributed by atoms with E-state index in [1.54, 1.807) is 37.4 Å². The van der Waals surface area contributed by atoms with Crippen LogP contribution in [0.4, 0.5) is 4.39 Å². The molecule has 7 heteroatoms. The number of rotatable bonds is 6. The van der Waals surface area contributed by atoms with Crippen LogP contribution in [0.3, 0.4) is 0 Å². The Kier molecular flexibility index (Phi) is 6.53. The van der Waals surface area contributed by atoms with E-state index in [1.807, 2.05) is 4.90 Å². The van der Waals surface area contributed by atoms with Gasteiger partial charge in [-0.1, -0.05) is 11.6 Å². The number of carbonyl (C=O) groups is 1.